The van der Waals surface area contributed by atoms with E-state index in [0.29, 0.717) is 29.3 Å². The molecule has 0 bridgehead atoms. The molecule has 7 heteroatoms. The van der Waals surface area contributed by atoms with Crippen molar-refractivity contribution in [1.29, 1.82) is 0 Å². The predicted octanol–water partition coefficient (Wildman–Crippen LogP) is 5.01. The summed E-state index contributed by atoms with van der Waals surface area (Å²) in [5.41, 5.74) is 1.28. The average molecular weight is 357 g/mol. The van der Waals surface area contributed by atoms with Gasteiger partial charge in [0.1, 0.15) is 11.5 Å². The number of carbonyl (C=O) groups is 1. The summed E-state index contributed by atoms with van der Waals surface area (Å²) in [5.74, 6) is 1.06. The van der Waals surface area contributed by atoms with Crippen LogP contribution in [0.5, 0.6) is 11.5 Å². The lowest BCUT2D eigenvalue weighted by molar-refractivity contribution is -0.384. The van der Waals surface area contributed by atoms with Gasteiger partial charge >= 0.3 is 6.03 Å². The van der Waals surface area contributed by atoms with Gasteiger partial charge in [-0.05, 0) is 37.1 Å². The van der Waals surface area contributed by atoms with Crippen LogP contribution >= 0.6 is 0 Å². The summed E-state index contributed by atoms with van der Waals surface area (Å²) in [6.45, 7) is 4.49. The number of amides is 2. The molecule has 0 atom stereocenters. The lowest BCUT2D eigenvalue weighted by atomic mass is 10.2. The van der Waals surface area contributed by atoms with Crippen LogP contribution < -0.4 is 15.4 Å². The number of aryl methyl sites for hydroxylation is 1. The number of hydrogen-bond donors (Lipinski definition) is 2. The van der Waals surface area contributed by atoms with E-state index in [-0.39, 0.29) is 11.7 Å². The Labute approximate surface area is 152 Å². The maximum Gasteiger partial charge on any atom is 0.319 e. The maximum absolute atomic E-state index is 11.9. The van der Waals surface area contributed by atoms with Crippen molar-refractivity contribution in [3.05, 3.63) is 58.1 Å². The molecule has 0 fully saturated rings. The fourth-order valence-corrected chi connectivity index (χ4v) is 2.38. The zero-order valence-corrected chi connectivity index (χ0v) is 15.0. The summed E-state index contributed by atoms with van der Waals surface area (Å²) in [5, 5.41) is 16.4. The zero-order valence-electron chi connectivity index (χ0n) is 15.0. The lowest BCUT2D eigenvalue weighted by Gasteiger charge is -2.11. The fourth-order valence-electron chi connectivity index (χ4n) is 2.38. The Kier molecular flexibility index (Phi) is 6.96. The molecular weight excluding hydrogens is 334 g/mol. The number of nitrogens with one attached hydrogen (secondary N) is 2. The first-order valence-corrected chi connectivity index (χ1v) is 8.57. The molecule has 2 aromatic carbocycles. The number of nitrogens with zero attached hydrogens (tertiary/aromatic N) is 1. The molecule has 0 aliphatic carbocycles. The third-order valence-corrected chi connectivity index (χ3v) is 3.75. The van der Waals surface area contributed by atoms with E-state index >= 15 is 0 Å². The molecule has 7 nitrogen and oxygen atoms in total. The van der Waals surface area contributed by atoms with Crippen molar-refractivity contribution in [3.63, 3.8) is 0 Å². The average Bonchev–Trinajstić information content (AvgIpc) is 2.60. The van der Waals surface area contributed by atoms with Crippen molar-refractivity contribution in [2.75, 3.05) is 11.9 Å². The first kappa shape index (κ1) is 19.2. The van der Waals surface area contributed by atoms with E-state index in [0.717, 1.165) is 19.3 Å². The van der Waals surface area contributed by atoms with Crippen LogP contribution in [0.2, 0.25) is 0 Å². The van der Waals surface area contributed by atoms with E-state index in [9.17, 15) is 14.9 Å². The van der Waals surface area contributed by atoms with Crippen LogP contribution in [0.3, 0.4) is 0 Å². The number of hydrogen-bond acceptors (Lipinski definition) is 4. The molecule has 0 aliphatic heterocycles. The van der Waals surface area contributed by atoms with E-state index in [2.05, 4.69) is 17.6 Å². The monoisotopic (exact) mass is 357 g/mol. The summed E-state index contributed by atoms with van der Waals surface area (Å²) in [6, 6.07) is 11.1. The summed E-state index contributed by atoms with van der Waals surface area (Å²) >= 11 is 0. The summed E-state index contributed by atoms with van der Waals surface area (Å²) in [6.07, 6.45) is 3.13. The van der Waals surface area contributed by atoms with Gasteiger partial charge in [-0.1, -0.05) is 25.8 Å². The van der Waals surface area contributed by atoms with Crippen molar-refractivity contribution in [2.45, 2.75) is 33.1 Å². The SMILES string of the molecule is CCCCCNC(=O)Nc1cccc(Oc2ccc([N+](=O)[O-])cc2C)c1. The molecule has 2 N–H and O–H groups in total. The summed E-state index contributed by atoms with van der Waals surface area (Å²) in [4.78, 5) is 22.2. The molecule has 0 heterocycles. The molecule has 2 amide bonds. The number of non-ortho nitro benzene ring substituents is 1. The van der Waals surface area contributed by atoms with Gasteiger partial charge in [-0.3, -0.25) is 10.1 Å². The van der Waals surface area contributed by atoms with E-state index in [4.69, 9.17) is 4.74 Å². The molecule has 0 aromatic heterocycles. The molecule has 0 saturated carbocycles. The minimum atomic E-state index is -0.444. The zero-order chi connectivity index (χ0) is 18.9. The lowest BCUT2D eigenvalue weighted by Crippen LogP contribution is -2.29. The Morgan fingerprint density at radius 1 is 1.19 bits per heavy atom. The second-order valence-corrected chi connectivity index (χ2v) is 5.92. The van der Waals surface area contributed by atoms with Gasteiger partial charge in [0.25, 0.3) is 5.69 Å². The smallest absolute Gasteiger partial charge is 0.319 e. The Balaban J connectivity index is 1.98. The van der Waals surface area contributed by atoms with Crippen molar-refractivity contribution < 1.29 is 14.5 Å². The Morgan fingerprint density at radius 2 is 2.00 bits per heavy atom. The number of urea groups is 1. The van der Waals surface area contributed by atoms with Crippen LogP contribution in [0.25, 0.3) is 0 Å². The molecule has 0 unspecified atom stereocenters. The van der Waals surface area contributed by atoms with Gasteiger partial charge in [-0.15, -0.1) is 0 Å². The van der Waals surface area contributed by atoms with Crippen molar-refractivity contribution in [3.8, 4) is 11.5 Å². The normalized spacial score (nSPS) is 10.2. The molecule has 0 saturated heterocycles. The topological polar surface area (TPSA) is 93.5 Å². The molecule has 0 radical (unpaired) electrons. The molecule has 2 aromatic rings. The van der Waals surface area contributed by atoms with Crippen LogP contribution in [0.1, 0.15) is 31.7 Å². The number of ether oxygens (including phenoxy) is 1. The Bertz CT molecular complexity index is 777. The highest BCUT2D eigenvalue weighted by Crippen LogP contribution is 2.29. The van der Waals surface area contributed by atoms with Gasteiger partial charge in [-0.2, -0.15) is 0 Å². The fraction of sp³-hybridized carbons (Fsp3) is 0.316. The molecule has 2 rings (SSSR count). The number of nitro benzene ring substituents is 1. The minimum absolute atomic E-state index is 0.0185. The molecule has 0 spiro atoms. The van der Waals surface area contributed by atoms with Gasteiger partial charge in [0.05, 0.1) is 4.92 Å². The minimum Gasteiger partial charge on any atom is -0.457 e. The van der Waals surface area contributed by atoms with E-state index < -0.39 is 4.92 Å². The van der Waals surface area contributed by atoms with E-state index in [1.54, 1.807) is 37.3 Å². The van der Waals surface area contributed by atoms with Crippen molar-refractivity contribution in [1.82, 2.24) is 5.32 Å². The Morgan fingerprint density at radius 3 is 2.69 bits per heavy atom. The van der Waals surface area contributed by atoms with Crippen molar-refractivity contribution >= 4 is 17.4 Å². The molecule has 26 heavy (non-hydrogen) atoms. The van der Waals surface area contributed by atoms with Crippen LogP contribution in [0.4, 0.5) is 16.2 Å². The van der Waals surface area contributed by atoms with Crippen molar-refractivity contribution in [2.24, 2.45) is 0 Å². The van der Waals surface area contributed by atoms with Crippen LogP contribution in [-0.2, 0) is 0 Å². The summed E-state index contributed by atoms with van der Waals surface area (Å²) in [7, 11) is 0. The third kappa shape index (κ3) is 5.77. The second-order valence-electron chi connectivity index (χ2n) is 5.92. The largest absolute Gasteiger partial charge is 0.457 e. The van der Waals surface area contributed by atoms with Gasteiger partial charge in [0, 0.05) is 30.4 Å². The predicted molar refractivity (Wildman–Crippen MR) is 101 cm³/mol. The quantitative estimate of drug-likeness (QED) is 0.394. The number of benzene rings is 2. The molecule has 138 valence electrons. The summed E-state index contributed by atoms with van der Waals surface area (Å²) < 4.78 is 5.78. The Hall–Kier alpha value is -3.09. The second kappa shape index (κ2) is 9.41. The van der Waals surface area contributed by atoms with Gasteiger partial charge < -0.3 is 15.4 Å². The maximum atomic E-state index is 11.9. The number of carbonyl (C=O) groups excluding carboxylic acids is 1. The molecule has 0 aliphatic rings. The number of nitro groups is 1. The number of rotatable bonds is 8. The molecular formula is C19H23N3O4. The number of unbranched alkanes of at least 4 members (excludes halogenated alkanes) is 2. The highest BCUT2D eigenvalue weighted by molar-refractivity contribution is 5.89. The van der Waals surface area contributed by atoms with Gasteiger partial charge in [0.2, 0.25) is 0 Å². The van der Waals surface area contributed by atoms with Gasteiger partial charge in [-0.25, -0.2) is 4.79 Å². The first-order valence-electron chi connectivity index (χ1n) is 8.57. The third-order valence-electron chi connectivity index (χ3n) is 3.75. The van der Waals surface area contributed by atoms with E-state index in [1.165, 1.54) is 12.1 Å². The van der Waals surface area contributed by atoms with Crippen LogP contribution in [0.15, 0.2) is 42.5 Å². The first-order chi connectivity index (χ1) is 12.5. The van der Waals surface area contributed by atoms with Gasteiger partial charge in [0.15, 0.2) is 0 Å². The highest BCUT2D eigenvalue weighted by Gasteiger charge is 2.10. The van der Waals surface area contributed by atoms with Crippen LogP contribution in [0, 0.1) is 17.0 Å². The number of anilines is 1. The highest BCUT2D eigenvalue weighted by atomic mass is 16.6. The van der Waals surface area contributed by atoms with E-state index in [1.807, 2.05) is 0 Å². The van der Waals surface area contributed by atoms with Crippen LogP contribution in [-0.4, -0.2) is 17.5 Å². The standard InChI is InChI=1S/C19H23N3O4/c1-3-4-5-11-20-19(23)21-15-7-6-8-17(13-15)26-18-10-9-16(22(24)25)12-14(18)2/h6-10,12-13H,3-5,11H2,1-2H3,(H2,20,21,23).